The Kier molecular flexibility index (Phi) is 4.53. The molecule has 0 aliphatic rings. The van der Waals surface area contributed by atoms with Gasteiger partial charge in [0.05, 0.1) is 0 Å². The van der Waals surface area contributed by atoms with E-state index in [1.165, 1.54) is 11.1 Å². The third-order valence-corrected chi connectivity index (χ3v) is 4.58. The van der Waals surface area contributed by atoms with Crippen molar-refractivity contribution in [2.45, 2.75) is 17.3 Å². The summed E-state index contributed by atoms with van der Waals surface area (Å²) < 4.78 is 1.03. The van der Waals surface area contributed by atoms with E-state index in [0.717, 1.165) is 10.1 Å². The highest BCUT2D eigenvalue weighted by Crippen LogP contribution is 2.26. The second-order valence-corrected chi connectivity index (χ2v) is 5.81. The van der Waals surface area contributed by atoms with Gasteiger partial charge in [0.25, 0.3) is 0 Å². The minimum absolute atomic E-state index is 0.352. The van der Waals surface area contributed by atoms with Crippen LogP contribution in [0, 0.1) is 6.92 Å². The maximum Gasteiger partial charge on any atom is 0.174 e. The standard InChI is InChI=1S/C12H15N3S2/c1-9-5-3-4-6-10(9)11(13-2)7-16-12-15-14-8-17-12/h3-6,8,11,13H,7H2,1-2H3. The zero-order valence-corrected chi connectivity index (χ0v) is 11.5. The number of nitrogens with zero attached hydrogens (tertiary/aromatic N) is 2. The quantitative estimate of drug-likeness (QED) is 0.844. The van der Waals surface area contributed by atoms with Gasteiger partial charge in [-0.25, -0.2) is 0 Å². The van der Waals surface area contributed by atoms with Gasteiger partial charge in [0.15, 0.2) is 4.34 Å². The Hall–Kier alpha value is -0.910. The number of nitrogens with one attached hydrogen (secondary N) is 1. The Bertz CT molecular complexity index is 457. The zero-order chi connectivity index (χ0) is 12.1. The number of benzene rings is 1. The average molecular weight is 265 g/mol. The van der Waals surface area contributed by atoms with Gasteiger partial charge in [0.1, 0.15) is 5.51 Å². The molecule has 90 valence electrons. The first-order valence-electron chi connectivity index (χ1n) is 5.43. The van der Waals surface area contributed by atoms with Crippen LogP contribution in [-0.4, -0.2) is 23.0 Å². The van der Waals surface area contributed by atoms with Gasteiger partial charge in [-0.2, -0.15) is 0 Å². The van der Waals surface area contributed by atoms with Gasteiger partial charge in [0, 0.05) is 11.8 Å². The van der Waals surface area contributed by atoms with Gasteiger partial charge in [-0.1, -0.05) is 47.4 Å². The second kappa shape index (κ2) is 6.14. The van der Waals surface area contributed by atoms with E-state index >= 15 is 0 Å². The molecule has 1 atom stereocenters. The van der Waals surface area contributed by atoms with Gasteiger partial charge in [0.2, 0.25) is 0 Å². The molecule has 5 heteroatoms. The molecule has 0 spiro atoms. The SMILES string of the molecule is CNC(CSc1nncs1)c1ccccc1C. The van der Waals surface area contributed by atoms with Crippen LogP contribution in [0.2, 0.25) is 0 Å². The summed E-state index contributed by atoms with van der Waals surface area (Å²) in [5.41, 5.74) is 4.45. The topological polar surface area (TPSA) is 37.8 Å². The van der Waals surface area contributed by atoms with Crippen molar-refractivity contribution in [3.05, 3.63) is 40.9 Å². The van der Waals surface area contributed by atoms with Crippen LogP contribution >= 0.6 is 23.1 Å². The number of rotatable bonds is 5. The molecule has 0 fully saturated rings. The van der Waals surface area contributed by atoms with Crippen molar-refractivity contribution in [2.75, 3.05) is 12.8 Å². The smallest absolute Gasteiger partial charge is 0.174 e. The number of thioether (sulfide) groups is 1. The number of hydrogen-bond acceptors (Lipinski definition) is 5. The first kappa shape index (κ1) is 12.5. The van der Waals surface area contributed by atoms with Crippen LogP contribution in [0.4, 0.5) is 0 Å². The third kappa shape index (κ3) is 3.28. The molecule has 0 saturated carbocycles. The highest BCUT2D eigenvalue weighted by molar-refractivity contribution is 8.01. The molecule has 17 heavy (non-hydrogen) atoms. The van der Waals surface area contributed by atoms with Crippen molar-refractivity contribution in [2.24, 2.45) is 0 Å². The van der Waals surface area contributed by atoms with Crippen molar-refractivity contribution in [1.82, 2.24) is 15.5 Å². The largest absolute Gasteiger partial charge is 0.312 e. The van der Waals surface area contributed by atoms with Crippen LogP contribution in [0.5, 0.6) is 0 Å². The number of aryl methyl sites for hydroxylation is 1. The van der Waals surface area contributed by atoms with Gasteiger partial charge in [-0.15, -0.1) is 10.2 Å². The molecule has 1 heterocycles. The van der Waals surface area contributed by atoms with Crippen molar-refractivity contribution < 1.29 is 0 Å². The molecule has 1 aromatic heterocycles. The van der Waals surface area contributed by atoms with E-state index in [1.54, 1.807) is 28.6 Å². The Morgan fingerprint density at radius 3 is 2.88 bits per heavy atom. The first-order chi connectivity index (χ1) is 8.31. The Morgan fingerprint density at radius 1 is 1.41 bits per heavy atom. The number of aromatic nitrogens is 2. The molecule has 0 aliphatic heterocycles. The summed E-state index contributed by atoms with van der Waals surface area (Å²) in [5, 5.41) is 11.2. The van der Waals surface area contributed by atoms with Crippen molar-refractivity contribution in [1.29, 1.82) is 0 Å². The highest BCUT2D eigenvalue weighted by Gasteiger charge is 2.12. The van der Waals surface area contributed by atoms with E-state index in [4.69, 9.17) is 0 Å². The fraction of sp³-hybridized carbons (Fsp3) is 0.333. The summed E-state index contributed by atoms with van der Waals surface area (Å²) in [5.74, 6) is 0.969. The molecular formula is C12H15N3S2. The predicted molar refractivity (Wildman–Crippen MR) is 73.6 cm³/mol. The first-order valence-corrected chi connectivity index (χ1v) is 7.29. The highest BCUT2D eigenvalue weighted by atomic mass is 32.2. The van der Waals surface area contributed by atoms with E-state index in [0.29, 0.717) is 6.04 Å². The minimum atomic E-state index is 0.352. The van der Waals surface area contributed by atoms with E-state index < -0.39 is 0 Å². The summed E-state index contributed by atoms with van der Waals surface area (Å²) in [6, 6.07) is 8.84. The average Bonchev–Trinajstić information content (AvgIpc) is 2.85. The molecular weight excluding hydrogens is 250 g/mol. The summed E-state index contributed by atoms with van der Waals surface area (Å²) in [7, 11) is 2.00. The predicted octanol–water partition coefficient (Wildman–Crippen LogP) is 2.90. The lowest BCUT2D eigenvalue weighted by atomic mass is 10.0. The Balaban J connectivity index is 2.04. The van der Waals surface area contributed by atoms with Crippen molar-refractivity contribution in [3.63, 3.8) is 0 Å². The second-order valence-electron chi connectivity index (χ2n) is 3.71. The van der Waals surface area contributed by atoms with Crippen LogP contribution in [0.15, 0.2) is 34.1 Å². The molecule has 0 bridgehead atoms. The lowest BCUT2D eigenvalue weighted by Gasteiger charge is -2.17. The van der Waals surface area contributed by atoms with E-state index in [-0.39, 0.29) is 0 Å². The lowest BCUT2D eigenvalue weighted by molar-refractivity contribution is 0.657. The van der Waals surface area contributed by atoms with Crippen LogP contribution in [-0.2, 0) is 0 Å². The lowest BCUT2D eigenvalue weighted by Crippen LogP contribution is -2.19. The van der Waals surface area contributed by atoms with Crippen molar-refractivity contribution in [3.8, 4) is 0 Å². The molecule has 0 radical (unpaired) electrons. The summed E-state index contributed by atoms with van der Waals surface area (Å²) in [4.78, 5) is 0. The van der Waals surface area contributed by atoms with Gasteiger partial charge < -0.3 is 5.32 Å². The Morgan fingerprint density at radius 2 is 2.24 bits per heavy atom. The minimum Gasteiger partial charge on any atom is -0.312 e. The molecule has 3 nitrogen and oxygen atoms in total. The fourth-order valence-corrected chi connectivity index (χ4v) is 3.33. The summed E-state index contributed by atoms with van der Waals surface area (Å²) >= 11 is 3.33. The monoisotopic (exact) mass is 265 g/mol. The van der Waals surface area contributed by atoms with Gasteiger partial charge >= 0.3 is 0 Å². The van der Waals surface area contributed by atoms with E-state index in [1.807, 2.05) is 7.05 Å². The van der Waals surface area contributed by atoms with Gasteiger partial charge in [-0.3, -0.25) is 0 Å². The summed E-state index contributed by atoms with van der Waals surface area (Å²) in [6.45, 7) is 2.15. The third-order valence-electron chi connectivity index (χ3n) is 2.63. The Labute approximate surface area is 110 Å². The van der Waals surface area contributed by atoms with Crippen molar-refractivity contribution >= 4 is 23.1 Å². The normalized spacial score (nSPS) is 12.6. The van der Waals surface area contributed by atoms with E-state index in [2.05, 4.69) is 46.7 Å². The van der Waals surface area contributed by atoms with Crippen LogP contribution < -0.4 is 5.32 Å². The fourth-order valence-electron chi connectivity index (χ4n) is 1.69. The zero-order valence-electron chi connectivity index (χ0n) is 9.88. The van der Waals surface area contributed by atoms with Crippen LogP contribution in [0.3, 0.4) is 0 Å². The molecule has 1 aromatic carbocycles. The van der Waals surface area contributed by atoms with Crippen LogP contribution in [0.1, 0.15) is 17.2 Å². The molecule has 0 aliphatic carbocycles. The molecule has 1 N–H and O–H groups in total. The number of hydrogen-bond donors (Lipinski definition) is 1. The molecule has 0 amide bonds. The molecule has 1 unspecified atom stereocenters. The van der Waals surface area contributed by atoms with Gasteiger partial charge in [-0.05, 0) is 25.1 Å². The maximum absolute atomic E-state index is 4.04. The van der Waals surface area contributed by atoms with E-state index in [9.17, 15) is 0 Å². The molecule has 2 rings (SSSR count). The molecule has 0 saturated heterocycles. The maximum atomic E-state index is 4.04. The molecule has 2 aromatic rings. The van der Waals surface area contributed by atoms with Crippen LogP contribution in [0.25, 0.3) is 0 Å². The summed E-state index contributed by atoms with van der Waals surface area (Å²) in [6.07, 6.45) is 0.